The van der Waals surface area contributed by atoms with Gasteiger partial charge in [-0.3, -0.25) is 4.79 Å². The molecule has 1 amide bonds. The molecular weight excluding hydrogens is 248 g/mol. The lowest BCUT2D eigenvalue weighted by Crippen LogP contribution is -2.36. The molecule has 0 fully saturated rings. The third kappa shape index (κ3) is 2.39. The zero-order valence-electron chi connectivity index (χ0n) is 11.5. The number of amides is 1. The van der Waals surface area contributed by atoms with E-state index in [2.05, 4.69) is 23.5 Å². The number of rotatable bonds is 2. The second-order valence-electron chi connectivity index (χ2n) is 5.08. The lowest BCUT2D eigenvalue weighted by molar-refractivity contribution is -0.116. The number of hydrogen-bond donors (Lipinski definition) is 1. The molecule has 1 heterocycles. The first-order chi connectivity index (χ1) is 9.75. The van der Waals surface area contributed by atoms with Gasteiger partial charge in [0.2, 0.25) is 5.91 Å². The van der Waals surface area contributed by atoms with Crippen LogP contribution in [0.15, 0.2) is 54.6 Å². The van der Waals surface area contributed by atoms with Crippen molar-refractivity contribution in [2.75, 3.05) is 16.8 Å². The first kappa shape index (κ1) is 12.7. The Labute approximate surface area is 119 Å². The molecule has 2 aromatic carbocycles. The van der Waals surface area contributed by atoms with Crippen LogP contribution in [0.1, 0.15) is 24.9 Å². The van der Waals surface area contributed by atoms with E-state index in [9.17, 15) is 4.79 Å². The molecule has 102 valence electrons. The molecular formula is C17H18N2O. The van der Waals surface area contributed by atoms with Crippen molar-refractivity contribution in [2.24, 2.45) is 0 Å². The minimum atomic E-state index is 0.107. The quantitative estimate of drug-likeness (QED) is 0.900. The molecule has 1 N–H and O–H groups in total. The molecule has 3 rings (SSSR count). The fourth-order valence-corrected chi connectivity index (χ4v) is 2.77. The summed E-state index contributed by atoms with van der Waals surface area (Å²) in [5.41, 5.74) is 3.33. The van der Waals surface area contributed by atoms with Gasteiger partial charge in [-0.1, -0.05) is 36.4 Å². The highest BCUT2D eigenvalue weighted by atomic mass is 16.2. The van der Waals surface area contributed by atoms with Gasteiger partial charge in [-0.25, -0.2) is 0 Å². The van der Waals surface area contributed by atoms with Crippen molar-refractivity contribution < 1.29 is 4.79 Å². The van der Waals surface area contributed by atoms with E-state index in [1.807, 2.05) is 41.3 Å². The van der Waals surface area contributed by atoms with Crippen LogP contribution in [0.5, 0.6) is 0 Å². The van der Waals surface area contributed by atoms with E-state index in [-0.39, 0.29) is 11.9 Å². The summed E-state index contributed by atoms with van der Waals surface area (Å²) in [4.78, 5) is 13.6. The van der Waals surface area contributed by atoms with Crippen molar-refractivity contribution in [3.63, 3.8) is 0 Å². The van der Waals surface area contributed by atoms with Crippen LogP contribution in [0.3, 0.4) is 0 Å². The van der Waals surface area contributed by atoms with Gasteiger partial charge in [0.05, 0.1) is 6.04 Å². The van der Waals surface area contributed by atoms with Crippen LogP contribution in [0, 0.1) is 0 Å². The average molecular weight is 266 g/mol. The minimum Gasteiger partial charge on any atom is -0.378 e. The van der Waals surface area contributed by atoms with Crippen LogP contribution < -0.4 is 10.2 Å². The number of carbonyl (C=O) groups excluding carboxylic acids is 1. The summed E-state index contributed by atoms with van der Waals surface area (Å²) < 4.78 is 0. The standard InChI is InChI=1S/C17H18N2O/c1-13(20)19-12-11-16(15-9-5-6-10-17(15)19)18-14-7-3-2-4-8-14/h2-10,16,18H,11-12H2,1H3. The molecule has 20 heavy (non-hydrogen) atoms. The predicted molar refractivity (Wildman–Crippen MR) is 81.9 cm³/mol. The van der Waals surface area contributed by atoms with Crippen LogP contribution >= 0.6 is 0 Å². The lowest BCUT2D eigenvalue weighted by atomic mass is 9.96. The van der Waals surface area contributed by atoms with Gasteiger partial charge in [-0.2, -0.15) is 0 Å². The smallest absolute Gasteiger partial charge is 0.223 e. The molecule has 0 bridgehead atoms. The summed E-state index contributed by atoms with van der Waals surface area (Å²) in [6.07, 6.45) is 0.922. The highest BCUT2D eigenvalue weighted by Gasteiger charge is 2.26. The normalized spacial score (nSPS) is 17.4. The zero-order chi connectivity index (χ0) is 13.9. The lowest BCUT2D eigenvalue weighted by Gasteiger charge is -2.34. The van der Waals surface area contributed by atoms with E-state index < -0.39 is 0 Å². The Hall–Kier alpha value is -2.29. The van der Waals surface area contributed by atoms with E-state index in [0.717, 1.165) is 24.3 Å². The van der Waals surface area contributed by atoms with Gasteiger partial charge in [0.15, 0.2) is 0 Å². The molecule has 2 aromatic rings. The maximum Gasteiger partial charge on any atom is 0.223 e. The third-order valence-corrected chi connectivity index (χ3v) is 3.74. The molecule has 1 unspecified atom stereocenters. The van der Waals surface area contributed by atoms with E-state index in [0.29, 0.717) is 0 Å². The molecule has 0 saturated carbocycles. The van der Waals surface area contributed by atoms with Crippen LogP contribution in [0.25, 0.3) is 0 Å². The summed E-state index contributed by atoms with van der Waals surface area (Å²) in [7, 11) is 0. The third-order valence-electron chi connectivity index (χ3n) is 3.74. The maximum atomic E-state index is 11.7. The van der Waals surface area contributed by atoms with Crippen molar-refractivity contribution >= 4 is 17.3 Å². The minimum absolute atomic E-state index is 0.107. The summed E-state index contributed by atoms with van der Waals surface area (Å²) >= 11 is 0. The second kappa shape index (κ2) is 5.37. The van der Waals surface area contributed by atoms with Crippen molar-refractivity contribution in [1.82, 2.24) is 0 Å². The topological polar surface area (TPSA) is 32.3 Å². The molecule has 1 aliphatic rings. The Balaban J connectivity index is 1.91. The molecule has 0 spiro atoms. The predicted octanol–water partition coefficient (Wildman–Crippen LogP) is 3.60. The number of benzene rings is 2. The molecule has 1 aliphatic heterocycles. The summed E-state index contributed by atoms with van der Waals surface area (Å²) in [6.45, 7) is 2.39. The van der Waals surface area contributed by atoms with Crippen molar-refractivity contribution in [2.45, 2.75) is 19.4 Å². The fourth-order valence-electron chi connectivity index (χ4n) is 2.77. The molecule has 3 heteroatoms. The second-order valence-corrected chi connectivity index (χ2v) is 5.08. The summed E-state index contributed by atoms with van der Waals surface area (Å²) in [6, 6.07) is 18.6. The Bertz CT molecular complexity index is 609. The Morgan fingerprint density at radius 3 is 2.55 bits per heavy atom. The van der Waals surface area contributed by atoms with Gasteiger partial charge in [0.1, 0.15) is 0 Å². The molecule has 0 aliphatic carbocycles. The van der Waals surface area contributed by atoms with Gasteiger partial charge in [0, 0.05) is 24.8 Å². The van der Waals surface area contributed by atoms with Crippen LogP contribution in [-0.2, 0) is 4.79 Å². The molecule has 1 atom stereocenters. The molecule has 0 aromatic heterocycles. The molecule has 3 nitrogen and oxygen atoms in total. The first-order valence-electron chi connectivity index (χ1n) is 6.94. The fraction of sp³-hybridized carbons (Fsp3) is 0.235. The largest absolute Gasteiger partial charge is 0.378 e. The Morgan fingerprint density at radius 1 is 1.10 bits per heavy atom. The Kier molecular flexibility index (Phi) is 3.42. The average Bonchev–Trinajstić information content (AvgIpc) is 2.48. The number of nitrogens with one attached hydrogen (secondary N) is 1. The van der Waals surface area contributed by atoms with Gasteiger partial charge < -0.3 is 10.2 Å². The number of carbonyl (C=O) groups is 1. The van der Waals surface area contributed by atoms with Crippen LogP contribution in [-0.4, -0.2) is 12.5 Å². The van der Waals surface area contributed by atoms with E-state index in [4.69, 9.17) is 0 Å². The van der Waals surface area contributed by atoms with E-state index >= 15 is 0 Å². The monoisotopic (exact) mass is 266 g/mol. The number of para-hydroxylation sites is 2. The van der Waals surface area contributed by atoms with Crippen molar-refractivity contribution in [3.05, 3.63) is 60.2 Å². The maximum absolute atomic E-state index is 11.7. The molecule has 0 saturated heterocycles. The summed E-state index contributed by atoms with van der Waals surface area (Å²) in [5, 5.41) is 3.56. The van der Waals surface area contributed by atoms with Gasteiger partial charge in [-0.05, 0) is 30.2 Å². The zero-order valence-corrected chi connectivity index (χ0v) is 11.5. The first-order valence-corrected chi connectivity index (χ1v) is 6.94. The van der Waals surface area contributed by atoms with E-state index in [1.165, 1.54) is 5.56 Å². The van der Waals surface area contributed by atoms with E-state index in [1.54, 1.807) is 6.92 Å². The van der Waals surface area contributed by atoms with Crippen LogP contribution in [0.2, 0.25) is 0 Å². The highest BCUT2D eigenvalue weighted by Crippen LogP contribution is 2.35. The SMILES string of the molecule is CC(=O)N1CCC(Nc2ccccc2)c2ccccc21. The number of anilines is 2. The number of hydrogen-bond acceptors (Lipinski definition) is 2. The molecule has 0 radical (unpaired) electrons. The van der Waals surface area contributed by atoms with Gasteiger partial charge in [-0.15, -0.1) is 0 Å². The van der Waals surface area contributed by atoms with Gasteiger partial charge >= 0.3 is 0 Å². The highest BCUT2D eigenvalue weighted by molar-refractivity contribution is 5.93. The van der Waals surface area contributed by atoms with Crippen LogP contribution in [0.4, 0.5) is 11.4 Å². The number of nitrogens with zero attached hydrogens (tertiary/aromatic N) is 1. The Morgan fingerprint density at radius 2 is 1.80 bits per heavy atom. The number of fused-ring (bicyclic) bond motifs is 1. The van der Waals surface area contributed by atoms with Crippen molar-refractivity contribution in [3.8, 4) is 0 Å². The van der Waals surface area contributed by atoms with Crippen molar-refractivity contribution in [1.29, 1.82) is 0 Å². The summed E-state index contributed by atoms with van der Waals surface area (Å²) in [5.74, 6) is 0.107. The van der Waals surface area contributed by atoms with Gasteiger partial charge in [0.25, 0.3) is 0 Å².